The van der Waals surface area contributed by atoms with Crippen molar-refractivity contribution < 1.29 is 9.47 Å². The minimum Gasteiger partial charge on any atom is -0.493 e. The second-order valence-electron chi connectivity index (χ2n) is 5.76. The zero-order valence-electron chi connectivity index (χ0n) is 12.4. The first-order chi connectivity index (χ1) is 9.88. The zero-order chi connectivity index (χ0) is 13.8. The van der Waals surface area contributed by atoms with Crippen molar-refractivity contribution in [1.29, 1.82) is 0 Å². The van der Waals surface area contributed by atoms with Gasteiger partial charge in [0.1, 0.15) is 5.75 Å². The molecule has 3 nitrogen and oxygen atoms in total. The summed E-state index contributed by atoms with van der Waals surface area (Å²) in [4.78, 5) is 0. The Morgan fingerprint density at radius 3 is 3.00 bits per heavy atom. The highest BCUT2D eigenvalue weighted by Gasteiger charge is 2.26. The molecular formula is C17H25NO2. The van der Waals surface area contributed by atoms with E-state index in [4.69, 9.17) is 9.47 Å². The highest BCUT2D eigenvalue weighted by atomic mass is 16.5. The number of aryl methyl sites for hydroxylation is 1. The highest BCUT2D eigenvalue weighted by Crippen LogP contribution is 2.31. The molecule has 1 N–H and O–H groups in total. The molecule has 0 radical (unpaired) electrons. The molecule has 2 unspecified atom stereocenters. The fraction of sp³-hybridized carbons (Fsp3) is 0.647. The van der Waals surface area contributed by atoms with Gasteiger partial charge in [0, 0.05) is 6.61 Å². The lowest BCUT2D eigenvalue weighted by Crippen LogP contribution is -2.36. The molecule has 0 aliphatic carbocycles. The van der Waals surface area contributed by atoms with E-state index in [9.17, 15) is 0 Å². The van der Waals surface area contributed by atoms with Crippen LogP contribution in [0.4, 0.5) is 0 Å². The number of fused-ring (bicyclic) bond motifs is 1. The van der Waals surface area contributed by atoms with Gasteiger partial charge in [0.2, 0.25) is 0 Å². The first kappa shape index (κ1) is 13.9. The van der Waals surface area contributed by atoms with E-state index in [1.807, 2.05) is 0 Å². The predicted molar refractivity (Wildman–Crippen MR) is 80.3 cm³/mol. The molecule has 3 heteroatoms. The van der Waals surface area contributed by atoms with E-state index in [0.717, 1.165) is 44.8 Å². The van der Waals surface area contributed by atoms with Crippen LogP contribution in [0.3, 0.4) is 0 Å². The molecule has 1 aromatic rings. The molecule has 0 aromatic heterocycles. The molecular weight excluding hydrogens is 250 g/mol. The largest absolute Gasteiger partial charge is 0.493 e. The lowest BCUT2D eigenvalue weighted by molar-refractivity contribution is -0.00789. The van der Waals surface area contributed by atoms with Crippen LogP contribution in [0, 0.1) is 0 Å². The molecule has 0 saturated carbocycles. The van der Waals surface area contributed by atoms with Crippen molar-refractivity contribution in [2.24, 2.45) is 0 Å². The summed E-state index contributed by atoms with van der Waals surface area (Å²) < 4.78 is 11.7. The smallest absolute Gasteiger partial charge is 0.122 e. The van der Waals surface area contributed by atoms with E-state index in [1.165, 1.54) is 24.0 Å². The van der Waals surface area contributed by atoms with Crippen LogP contribution in [-0.4, -0.2) is 25.9 Å². The quantitative estimate of drug-likeness (QED) is 0.915. The average Bonchev–Trinajstić information content (AvgIpc) is 2.53. The molecule has 0 amide bonds. The summed E-state index contributed by atoms with van der Waals surface area (Å²) >= 11 is 0. The third-order valence-electron chi connectivity index (χ3n) is 4.30. The second-order valence-corrected chi connectivity index (χ2v) is 5.76. The third kappa shape index (κ3) is 2.99. The van der Waals surface area contributed by atoms with Gasteiger partial charge in [-0.3, -0.25) is 0 Å². The molecule has 0 bridgehead atoms. The fourth-order valence-corrected chi connectivity index (χ4v) is 3.29. The number of nitrogens with one attached hydrogen (secondary N) is 1. The van der Waals surface area contributed by atoms with Crippen molar-refractivity contribution in [3.63, 3.8) is 0 Å². The molecule has 2 heterocycles. The number of hydrogen-bond acceptors (Lipinski definition) is 3. The molecule has 20 heavy (non-hydrogen) atoms. The Morgan fingerprint density at radius 2 is 2.20 bits per heavy atom. The van der Waals surface area contributed by atoms with Gasteiger partial charge in [-0.2, -0.15) is 0 Å². The van der Waals surface area contributed by atoms with Crippen molar-refractivity contribution in [3.8, 4) is 5.75 Å². The maximum Gasteiger partial charge on any atom is 0.122 e. The van der Waals surface area contributed by atoms with E-state index < -0.39 is 0 Å². The summed E-state index contributed by atoms with van der Waals surface area (Å²) in [6, 6.07) is 6.97. The third-order valence-corrected chi connectivity index (χ3v) is 4.30. The van der Waals surface area contributed by atoms with Gasteiger partial charge in [0.25, 0.3) is 0 Å². The number of likely N-dealkylation sites (N-methyl/N-ethyl adjacent to an activating group) is 1. The SMILES string of the molecule is CCNC(c1ccc2c(c1)CCCO2)C1CCCCO1. The Morgan fingerprint density at radius 1 is 1.25 bits per heavy atom. The highest BCUT2D eigenvalue weighted by molar-refractivity contribution is 5.40. The second kappa shape index (κ2) is 6.59. The van der Waals surface area contributed by atoms with E-state index >= 15 is 0 Å². The van der Waals surface area contributed by atoms with E-state index in [2.05, 4.69) is 30.4 Å². The first-order valence-corrected chi connectivity index (χ1v) is 7.99. The average molecular weight is 275 g/mol. The van der Waals surface area contributed by atoms with Gasteiger partial charge in [0.05, 0.1) is 18.8 Å². The molecule has 110 valence electrons. The van der Waals surface area contributed by atoms with Gasteiger partial charge in [-0.1, -0.05) is 19.1 Å². The zero-order valence-corrected chi connectivity index (χ0v) is 12.4. The van der Waals surface area contributed by atoms with Crippen molar-refractivity contribution in [2.75, 3.05) is 19.8 Å². The molecule has 0 spiro atoms. The summed E-state index contributed by atoms with van der Waals surface area (Å²) in [5, 5.41) is 3.61. The van der Waals surface area contributed by atoms with Crippen molar-refractivity contribution >= 4 is 0 Å². The Bertz CT molecular complexity index is 441. The Hall–Kier alpha value is -1.06. The van der Waals surface area contributed by atoms with Crippen molar-refractivity contribution in [2.45, 2.75) is 51.2 Å². The maximum atomic E-state index is 6.00. The number of rotatable bonds is 4. The summed E-state index contributed by atoms with van der Waals surface area (Å²) in [5.74, 6) is 1.07. The van der Waals surface area contributed by atoms with Crippen LogP contribution in [0.15, 0.2) is 18.2 Å². The van der Waals surface area contributed by atoms with Crippen LogP contribution in [0.2, 0.25) is 0 Å². The summed E-state index contributed by atoms with van der Waals surface area (Å²) in [5.41, 5.74) is 2.70. The van der Waals surface area contributed by atoms with E-state index in [1.54, 1.807) is 0 Å². The van der Waals surface area contributed by atoms with Crippen LogP contribution in [0.5, 0.6) is 5.75 Å². The number of benzene rings is 1. The molecule has 1 aromatic carbocycles. The summed E-state index contributed by atoms with van der Waals surface area (Å²) in [6.07, 6.45) is 6.21. The first-order valence-electron chi connectivity index (χ1n) is 7.99. The maximum absolute atomic E-state index is 6.00. The van der Waals surface area contributed by atoms with Crippen LogP contribution in [0.25, 0.3) is 0 Å². The molecule has 2 atom stereocenters. The van der Waals surface area contributed by atoms with Gasteiger partial charge in [-0.15, -0.1) is 0 Å². The molecule has 2 aliphatic rings. The van der Waals surface area contributed by atoms with E-state index in [-0.39, 0.29) is 0 Å². The number of hydrogen-bond donors (Lipinski definition) is 1. The summed E-state index contributed by atoms with van der Waals surface area (Å²) in [7, 11) is 0. The predicted octanol–water partition coefficient (Wildman–Crippen LogP) is 3.23. The normalized spacial score (nSPS) is 23.8. The van der Waals surface area contributed by atoms with Gasteiger partial charge in [-0.25, -0.2) is 0 Å². The number of ether oxygens (including phenoxy) is 2. The van der Waals surface area contributed by atoms with Gasteiger partial charge in [-0.05, 0) is 55.8 Å². The molecule has 2 aliphatic heterocycles. The molecule has 3 rings (SSSR count). The Balaban J connectivity index is 1.82. The summed E-state index contributed by atoms with van der Waals surface area (Å²) in [6.45, 7) is 4.89. The fourth-order valence-electron chi connectivity index (χ4n) is 3.29. The molecule has 1 fully saturated rings. The van der Waals surface area contributed by atoms with E-state index in [0.29, 0.717) is 12.1 Å². The minimum absolute atomic E-state index is 0.311. The Kier molecular flexibility index (Phi) is 4.58. The van der Waals surface area contributed by atoms with Gasteiger partial charge >= 0.3 is 0 Å². The van der Waals surface area contributed by atoms with Gasteiger partial charge in [0.15, 0.2) is 0 Å². The molecule has 1 saturated heterocycles. The van der Waals surface area contributed by atoms with Crippen LogP contribution < -0.4 is 10.1 Å². The van der Waals surface area contributed by atoms with Crippen LogP contribution >= 0.6 is 0 Å². The lowest BCUT2D eigenvalue weighted by Gasteiger charge is -2.32. The van der Waals surface area contributed by atoms with Crippen molar-refractivity contribution in [3.05, 3.63) is 29.3 Å². The van der Waals surface area contributed by atoms with Crippen LogP contribution in [0.1, 0.15) is 49.8 Å². The topological polar surface area (TPSA) is 30.5 Å². The Labute approximate surface area is 121 Å². The lowest BCUT2D eigenvalue weighted by atomic mass is 9.93. The standard InChI is InChI=1S/C17H25NO2/c1-2-18-17(16-7-3-4-10-20-16)14-8-9-15-13(12-14)6-5-11-19-15/h8-9,12,16-18H,2-7,10-11H2,1H3. The minimum atomic E-state index is 0.311. The monoisotopic (exact) mass is 275 g/mol. The van der Waals surface area contributed by atoms with Crippen molar-refractivity contribution in [1.82, 2.24) is 5.32 Å². The van der Waals surface area contributed by atoms with Crippen LogP contribution in [-0.2, 0) is 11.2 Å². The van der Waals surface area contributed by atoms with Gasteiger partial charge < -0.3 is 14.8 Å².